The highest BCUT2D eigenvalue weighted by molar-refractivity contribution is 5.98. The van der Waals surface area contributed by atoms with Gasteiger partial charge in [0.1, 0.15) is 11.5 Å². The SMILES string of the molecule is O=C(NC1(c2ccccc2)CCC1)c1cc2c(F)cccc2[nH]1. The molecule has 2 aromatic carbocycles. The van der Waals surface area contributed by atoms with E-state index >= 15 is 0 Å². The fourth-order valence-electron chi connectivity index (χ4n) is 3.30. The summed E-state index contributed by atoms with van der Waals surface area (Å²) >= 11 is 0. The first kappa shape index (κ1) is 14.0. The van der Waals surface area contributed by atoms with Gasteiger partial charge in [0.05, 0.1) is 5.54 Å². The first-order valence-corrected chi connectivity index (χ1v) is 7.83. The van der Waals surface area contributed by atoms with Crippen LogP contribution in [0.3, 0.4) is 0 Å². The second kappa shape index (κ2) is 5.23. The number of benzene rings is 2. The number of aromatic nitrogens is 1. The Morgan fingerprint density at radius 1 is 1.09 bits per heavy atom. The highest BCUT2D eigenvalue weighted by atomic mass is 19.1. The molecule has 0 aliphatic heterocycles. The third-order valence-corrected chi connectivity index (χ3v) is 4.74. The van der Waals surface area contributed by atoms with E-state index in [4.69, 9.17) is 0 Å². The highest BCUT2D eigenvalue weighted by Crippen LogP contribution is 2.41. The van der Waals surface area contributed by atoms with E-state index in [9.17, 15) is 9.18 Å². The number of carbonyl (C=O) groups is 1. The van der Waals surface area contributed by atoms with E-state index in [-0.39, 0.29) is 17.3 Å². The van der Waals surface area contributed by atoms with Gasteiger partial charge in [-0.2, -0.15) is 0 Å². The topological polar surface area (TPSA) is 44.9 Å². The molecule has 1 aliphatic carbocycles. The number of aromatic amines is 1. The maximum atomic E-state index is 13.8. The van der Waals surface area contributed by atoms with Crippen molar-refractivity contribution in [3.63, 3.8) is 0 Å². The van der Waals surface area contributed by atoms with Crippen LogP contribution in [-0.2, 0) is 5.54 Å². The number of carbonyl (C=O) groups excluding carboxylic acids is 1. The molecule has 1 aromatic heterocycles. The van der Waals surface area contributed by atoms with Gasteiger partial charge in [-0.05, 0) is 43.0 Å². The van der Waals surface area contributed by atoms with Gasteiger partial charge < -0.3 is 10.3 Å². The molecular weight excluding hydrogens is 291 g/mol. The van der Waals surface area contributed by atoms with Gasteiger partial charge in [-0.15, -0.1) is 0 Å². The average molecular weight is 308 g/mol. The Bertz CT molecular complexity index is 865. The van der Waals surface area contributed by atoms with Crippen molar-refractivity contribution < 1.29 is 9.18 Å². The molecule has 0 bridgehead atoms. The molecule has 4 rings (SSSR count). The lowest BCUT2D eigenvalue weighted by molar-refractivity contribution is 0.0819. The van der Waals surface area contributed by atoms with Crippen molar-refractivity contribution in [3.8, 4) is 0 Å². The zero-order chi connectivity index (χ0) is 15.9. The quantitative estimate of drug-likeness (QED) is 0.751. The highest BCUT2D eigenvalue weighted by Gasteiger charge is 2.40. The molecule has 1 fully saturated rings. The predicted octanol–water partition coefficient (Wildman–Crippen LogP) is 4.12. The molecule has 3 aromatic rings. The van der Waals surface area contributed by atoms with E-state index in [1.165, 1.54) is 6.07 Å². The van der Waals surface area contributed by atoms with E-state index in [1.807, 2.05) is 30.3 Å². The summed E-state index contributed by atoms with van der Waals surface area (Å²) in [6, 6.07) is 16.4. The van der Waals surface area contributed by atoms with E-state index in [0.29, 0.717) is 16.6 Å². The number of H-pyrrole nitrogens is 1. The zero-order valence-electron chi connectivity index (χ0n) is 12.6. The van der Waals surface area contributed by atoms with Gasteiger partial charge in [0, 0.05) is 10.9 Å². The lowest BCUT2D eigenvalue weighted by atomic mass is 9.71. The molecule has 4 heteroatoms. The third-order valence-electron chi connectivity index (χ3n) is 4.74. The molecule has 1 aliphatic rings. The van der Waals surface area contributed by atoms with Gasteiger partial charge in [0.2, 0.25) is 0 Å². The van der Waals surface area contributed by atoms with Crippen LogP contribution in [0.5, 0.6) is 0 Å². The number of hydrogen-bond acceptors (Lipinski definition) is 1. The summed E-state index contributed by atoms with van der Waals surface area (Å²) in [7, 11) is 0. The Balaban J connectivity index is 1.65. The molecular formula is C19H17FN2O. The predicted molar refractivity (Wildman–Crippen MR) is 87.7 cm³/mol. The maximum absolute atomic E-state index is 13.8. The molecule has 2 N–H and O–H groups in total. The summed E-state index contributed by atoms with van der Waals surface area (Å²) in [6.45, 7) is 0. The normalized spacial score (nSPS) is 16.0. The zero-order valence-corrected chi connectivity index (χ0v) is 12.6. The molecule has 116 valence electrons. The van der Waals surface area contributed by atoms with Crippen LogP contribution in [0.4, 0.5) is 4.39 Å². The van der Waals surface area contributed by atoms with Gasteiger partial charge in [-0.3, -0.25) is 4.79 Å². The fourth-order valence-corrected chi connectivity index (χ4v) is 3.30. The van der Waals surface area contributed by atoms with Gasteiger partial charge in [0.15, 0.2) is 0 Å². The summed E-state index contributed by atoms with van der Waals surface area (Å²) in [5.41, 5.74) is 1.86. The fraction of sp³-hybridized carbons (Fsp3) is 0.211. The molecule has 23 heavy (non-hydrogen) atoms. The Hall–Kier alpha value is -2.62. The number of amides is 1. The molecule has 1 saturated carbocycles. The van der Waals surface area contributed by atoms with Gasteiger partial charge >= 0.3 is 0 Å². The van der Waals surface area contributed by atoms with Crippen LogP contribution in [0, 0.1) is 5.82 Å². The van der Waals surface area contributed by atoms with Crippen LogP contribution in [0.2, 0.25) is 0 Å². The van der Waals surface area contributed by atoms with Crippen LogP contribution < -0.4 is 5.32 Å². The summed E-state index contributed by atoms with van der Waals surface area (Å²) in [6.07, 6.45) is 2.95. The van der Waals surface area contributed by atoms with Gasteiger partial charge in [-0.25, -0.2) is 4.39 Å². The molecule has 0 spiro atoms. The minimum Gasteiger partial charge on any atom is -0.350 e. The average Bonchev–Trinajstić information content (AvgIpc) is 2.97. The monoisotopic (exact) mass is 308 g/mol. The van der Waals surface area contributed by atoms with Crippen LogP contribution in [0.15, 0.2) is 54.6 Å². The largest absolute Gasteiger partial charge is 0.350 e. The lowest BCUT2D eigenvalue weighted by Gasteiger charge is -2.43. The van der Waals surface area contributed by atoms with E-state index < -0.39 is 0 Å². The van der Waals surface area contributed by atoms with Crippen LogP contribution in [0.25, 0.3) is 10.9 Å². The number of halogens is 1. The van der Waals surface area contributed by atoms with Crippen molar-refractivity contribution >= 4 is 16.8 Å². The van der Waals surface area contributed by atoms with E-state index in [0.717, 1.165) is 24.8 Å². The Morgan fingerprint density at radius 3 is 2.52 bits per heavy atom. The Labute approximate surface area is 133 Å². The van der Waals surface area contributed by atoms with Crippen LogP contribution >= 0.6 is 0 Å². The number of hydrogen-bond donors (Lipinski definition) is 2. The van der Waals surface area contributed by atoms with E-state index in [1.54, 1.807) is 18.2 Å². The molecule has 0 radical (unpaired) electrons. The van der Waals surface area contributed by atoms with E-state index in [2.05, 4.69) is 10.3 Å². The second-order valence-corrected chi connectivity index (χ2v) is 6.14. The first-order chi connectivity index (χ1) is 11.2. The summed E-state index contributed by atoms with van der Waals surface area (Å²) in [5.74, 6) is -0.511. The van der Waals surface area contributed by atoms with Gasteiger partial charge in [0.25, 0.3) is 5.91 Å². The molecule has 0 atom stereocenters. The molecule has 0 saturated heterocycles. The van der Waals surface area contributed by atoms with Crippen LogP contribution in [-0.4, -0.2) is 10.9 Å². The summed E-state index contributed by atoms with van der Waals surface area (Å²) in [4.78, 5) is 15.6. The molecule has 3 nitrogen and oxygen atoms in total. The third kappa shape index (κ3) is 2.31. The Morgan fingerprint density at radius 2 is 1.87 bits per heavy atom. The first-order valence-electron chi connectivity index (χ1n) is 7.83. The van der Waals surface area contributed by atoms with Gasteiger partial charge in [-0.1, -0.05) is 36.4 Å². The number of nitrogens with one attached hydrogen (secondary N) is 2. The summed E-state index contributed by atoms with van der Waals surface area (Å²) in [5, 5.41) is 3.59. The lowest BCUT2D eigenvalue weighted by Crippen LogP contribution is -2.50. The molecule has 1 heterocycles. The minimum absolute atomic E-state index is 0.191. The van der Waals surface area contributed by atoms with Crippen molar-refractivity contribution in [2.24, 2.45) is 0 Å². The minimum atomic E-state index is -0.320. The number of fused-ring (bicyclic) bond motifs is 1. The molecule has 0 unspecified atom stereocenters. The second-order valence-electron chi connectivity index (χ2n) is 6.14. The van der Waals surface area contributed by atoms with Crippen molar-refractivity contribution in [1.29, 1.82) is 0 Å². The maximum Gasteiger partial charge on any atom is 0.268 e. The van der Waals surface area contributed by atoms with Crippen LogP contribution in [0.1, 0.15) is 35.3 Å². The molecule has 1 amide bonds. The van der Waals surface area contributed by atoms with Crippen molar-refractivity contribution in [2.45, 2.75) is 24.8 Å². The number of rotatable bonds is 3. The van der Waals surface area contributed by atoms with Crippen molar-refractivity contribution in [3.05, 3.63) is 71.7 Å². The standard InChI is InChI=1S/C19H17FN2O/c20-15-8-4-9-16-14(15)12-17(21-16)18(23)22-19(10-5-11-19)13-6-2-1-3-7-13/h1-4,6-9,12,21H,5,10-11H2,(H,22,23). The smallest absolute Gasteiger partial charge is 0.268 e. The summed E-state index contributed by atoms with van der Waals surface area (Å²) < 4.78 is 13.8. The van der Waals surface area contributed by atoms with Crippen molar-refractivity contribution in [1.82, 2.24) is 10.3 Å². The van der Waals surface area contributed by atoms with Crippen molar-refractivity contribution in [2.75, 3.05) is 0 Å². The Kier molecular flexibility index (Phi) is 3.18.